The molecular formula is C12H15NO4. The van der Waals surface area contributed by atoms with Crippen LogP contribution in [0.5, 0.6) is 0 Å². The lowest BCUT2D eigenvalue weighted by atomic mass is 9.92. The standard InChI is InChI=1S/C12H15NO4/c14-9-4-1-3-8(7-9)13-6-2-5-10(11(13)15)12(16)17/h2,5-6,8-9,14H,1,3-4,7H2,(H,16,17)/t8?,9-/m0/s1. The lowest BCUT2D eigenvalue weighted by Gasteiger charge is -2.27. The van der Waals surface area contributed by atoms with E-state index in [1.54, 1.807) is 12.3 Å². The number of carboxylic acids is 1. The van der Waals surface area contributed by atoms with Crippen LogP contribution >= 0.6 is 0 Å². The fourth-order valence-corrected chi connectivity index (χ4v) is 2.35. The van der Waals surface area contributed by atoms with Gasteiger partial charge in [0.2, 0.25) is 0 Å². The Bertz CT molecular complexity index is 480. The monoisotopic (exact) mass is 237 g/mol. The van der Waals surface area contributed by atoms with Crippen LogP contribution in [0.1, 0.15) is 42.1 Å². The number of carbonyl (C=O) groups is 1. The van der Waals surface area contributed by atoms with Crippen molar-refractivity contribution in [2.24, 2.45) is 0 Å². The molecule has 1 unspecified atom stereocenters. The van der Waals surface area contributed by atoms with Gasteiger partial charge in [0.25, 0.3) is 5.56 Å². The topological polar surface area (TPSA) is 79.5 Å². The van der Waals surface area contributed by atoms with Crippen LogP contribution in [0.2, 0.25) is 0 Å². The normalized spacial score (nSPS) is 24.5. The molecule has 5 nitrogen and oxygen atoms in total. The fraction of sp³-hybridized carbons (Fsp3) is 0.500. The quantitative estimate of drug-likeness (QED) is 0.804. The molecule has 0 saturated heterocycles. The number of rotatable bonds is 2. The van der Waals surface area contributed by atoms with Gasteiger partial charge in [-0.05, 0) is 37.8 Å². The number of hydrogen-bond donors (Lipinski definition) is 2. The van der Waals surface area contributed by atoms with E-state index in [0.29, 0.717) is 6.42 Å². The van der Waals surface area contributed by atoms with E-state index in [-0.39, 0.29) is 11.6 Å². The molecule has 0 aromatic carbocycles. The Morgan fingerprint density at radius 3 is 2.82 bits per heavy atom. The molecular weight excluding hydrogens is 222 g/mol. The second-order valence-corrected chi connectivity index (χ2v) is 4.41. The third kappa shape index (κ3) is 2.39. The van der Waals surface area contributed by atoms with Crippen molar-refractivity contribution in [3.63, 3.8) is 0 Å². The summed E-state index contributed by atoms with van der Waals surface area (Å²) < 4.78 is 1.44. The summed E-state index contributed by atoms with van der Waals surface area (Å²) in [7, 11) is 0. The van der Waals surface area contributed by atoms with Gasteiger partial charge in [-0.3, -0.25) is 4.79 Å². The highest BCUT2D eigenvalue weighted by molar-refractivity contribution is 5.86. The first-order valence-corrected chi connectivity index (χ1v) is 5.72. The average Bonchev–Trinajstić information content (AvgIpc) is 2.29. The molecule has 92 valence electrons. The Balaban J connectivity index is 2.35. The van der Waals surface area contributed by atoms with E-state index in [1.807, 2.05) is 0 Å². The van der Waals surface area contributed by atoms with Crippen molar-refractivity contribution in [1.29, 1.82) is 0 Å². The summed E-state index contributed by atoms with van der Waals surface area (Å²) in [5.41, 5.74) is -0.702. The van der Waals surface area contributed by atoms with E-state index < -0.39 is 17.6 Å². The molecule has 1 aromatic heterocycles. The number of aromatic nitrogens is 1. The van der Waals surface area contributed by atoms with Crippen molar-refractivity contribution >= 4 is 5.97 Å². The van der Waals surface area contributed by atoms with Gasteiger partial charge in [-0.25, -0.2) is 4.79 Å². The maximum atomic E-state index is 11.9. The van der Waals surface area contributed by atoms with Gasteiger partial charge in [0.15, 0.2) is 0 Å². The molecule has 1 fully saturated rings. The van der Waals surface area contributed by atoms with Gasteiger partial charge in [0, 0.05) is 12.2 Å². The van der Waals surface area contributed by atoms with Crippen LogP contribution < -0.4 is 5.56 Å². The molecule has 0 radical (unpaired) electrons. The van der Waals surface area contributed by atoms with Crippen molar-refractivity contribution in [1.82, 2.24) is 4.57 Å². The highest BCUT2D eigenvalue weighted by Gasteiger charge is 2.23. The molecule has 5 heteroatoms. The minimum atomic E-state index is -1.21. The molecule has 1 aliphatic rings. The van der Waals surface area contributed by atoms with Crippen LogP contribution in [0.25, 0.3) is 0 Å². The van der Waals surface area contributed by atoms with Gasteiger partial charge < -0.3 is 14.8 Å². The number of aliphatic hydroxyl groups is 1. The summed E-state index contributed by atoms with van der Waals surface area (Å²) in [5.74, 6) is -1.21. The highest BCUT2D eigenvalue weighted by Crippen LogP contribution is 2.27. The summed E-state index contributed by atoms with van der Waals surface area (Å²) in [5, 5.41) is 18.5. The minimum absolute atomic E-state index is 0.0921. The van der Waals surface area contributed by atoms with E-state index in [9.17, 15) is 14.7 Å². The predicted octanol–water partition coefficient (Wildman–Crippen LogP) is 1.02. The Labute approximate surface area is 98.3 Å². The minimum Gasteiger partial charge on any atom is -0.477 e. The summed E-state index contributed by atoms with van der Waals surface area (Å²) >= 11 is 0. The van der Waals surface area contributed by atoms with Gasteiger partial charge in [0.1, 0.15) is 5.56 Å². The third-order valence-corrected chi connectivity index (χ3v) is 3.22. The van der Waals surface area contributed by atoms with Crippen LogP contribution in [0.4, 0.5) is 0 Å². The molecule has 0 aliphatic heterocycles. The molecule has 2 rings (SSSR count). The molecule has 0 bridgehead atoms. The van der Waals surface area contributed by atoms with Gasteiger partial charge >= 0.3 is 5.97 Å². The molecule has 1 heterocycles. The first-order chi connectivity index (χ1) is 8.09. The van der Waals surface area contributed by atoms with Crippen molar-refractivity contribution in [3.8, 4) is 0 Å². The van der Waals surface area contributed by atoms with Crippen LogP contribution in [0, 0.1) is 0 Å². The first kappa shape index (κ1) is 11.9. The van der Waals surface area contributed by atoms with Gasteiger partial charge in [-0.2, -0.15) is 0 Å². The van der Waals surface area contributed by atoms with Crippen molar-refractivity contribution in [2.75, 3.05) is 0 Å². The molecule has 17 heavy (non-hydrogen) atoms. The predicted molar refractivity (Wildman–Crippen MR) is 61.2 cm³/mol. The third-order valence-electron chi connectivity index (χ3n) is 3.22. The lowest BCUT2D eigenvalue weighted by molar-refractivity contribution is 0.0693. The van der Waals surface area contributed by atoms with Crippen LogP contribution in [0.3, 0.4) is 0 Å². The second-order valence-electron chi connectivity index (χ2n) is 4.41. The molecule has 2 N–H and O–H groups in total. The Hall–Kier alpha value is -1.62. The number of hydrogen-bond acceptors (Lipinski definition) is 3. The molecule has 0 amide bonds. The average molecular weight is 237 g/mol. The zero-order valence-electron chi connectivity index (χ0n) is 9.37. The number of pyridine rings is 1. The Morgan fingerprint density at radius 1 is 1.41 bits per heavy atom. The van der Waals surface area contributed by atoms with E-state index in [4.69, 9.17) is 5.11 Å². The van der Waals surface area contributed by atoms with E-state index >= 15 is 0 Å². The summed E-state index contributed by atoms with van der Waals surface area (Å²) in [6, 6.07) is 2.78. The molecule has 0 spiro atoms. The van der Waals surface area contributed by atoms with E-state index in [1.165, 1.54) is 10.6 Å². The van der Waals surface area contributed by atoms with Crippen LogP contribution in [-0.4, -0.2) is 26.9 Å². The fourth-order valence-electron chi connectivity index (χ4n) is 2.35. The second kappa shape index (κ2) is 4.71. The van der Waals surface area contributed by atoms with E-state index in [0.717, 1.165) is 19.3 Å². The summed E-state index contributed by atoms with van der Waals surface area (Å²) in [6.07, 6.45) is 4.13. The van der Waals surface area contributed by atoms with E-state index in [2.05, 4.69) is 0 Å². The van der Waals surface area contributed by atoms with Gasteiger partial charge in [-0.15, -0.1) is 0 Å². The lowest BCUT2D eigenvalue weighted by Crippen LogP contribution is -2.32. The number of aromatic carboxylic acids is 1. The summed E-state index contributed by atoms with van der Waals surface area (Å²) in [6.45, 7) is 0. The Morgan fingerprint density at radius 2 is 2.18 bits per heavy atom. The molecule has 1 saturated carbocycles. The SMILES string of the molecule is O=C(O)c1cccn(C2CCC[C@H](O)C2)c1=O. The maximum Gasteiger partial charge on any atom is 0.341 e. The smallest absolute Gasteiger partial charge is 0.341 e. The van der Waals surface area contributed by atoms with Crippen molar-refractivity contribution in [2.45, 2.75) is 37.8 Å². The zero-order valence-corrected chi connectivity index (χ0v) is 9.37. The van der Waals surface area contributed by atoms with Crippen molar-refractivity contribution in [3.05, 3.63) is 34.2 Å². The first-order valence-electron chi connectivity index (χ1n) is 5.72. The van der Waals surface area contributed by atoms with Crippen molar-refractivity contribution < 1.29 is 15.0 Å². The van der Waals surface area contributed by atoms with Gasteiger partial charge in [0.05, 0.1) is 6.10 Å². The summed E-state index contributed by atoms with van der Waals surface area (Å²) in [4.78, 5) is 22.8. The maximum absolute atomic E-state index is 11.9. The number of carboxylic acid groups (broad SMARTS) is 1. The van der Waals surface area contributed by atoms with Gasteiger partial charge in [-0.1, -0.05) is 0 Å². The number of aliphatic hydroxyl groups excluding tert-OH is 1. The zero-order chi connectivity index (χ0) is 12.4. The van der Waals surface area contributed by atoms with Crippen LogP contribution in [-0.2, 0) is 0 Å². The molecule has 1 aliphatic carbocycles. The molecule has 2 atom stereocenters. The largest absolute Gasteiger partial charge is 0.477 e. The van der Waals surface area contributed by atoms with Crippen LogP contribution in [0.15, 0.2) is 23.1 Å². The highest BCUT2D eigenvalue weighted by atomic mass is 16.4. The Kier molecular flexibility index (Phi) is 3.28. The number of nitrogens with zero attached hydrogens (tertiary/aromatic N) is 1. The molecule has 1 aromatic rings.